The molecule has 5 heterocycles. The Morgan fingerprint density at radius 2 is 1.84 bits per heavy atom. The molecule has 43 heavy (non-hydrogen) atoms. The maximum Gasteiger partial charge on any atom is 0.226 e. The molecule has 0 radical (unpaired) electrons. The fourth-order valence-electron chi connectivity index (χ4n) is 4.59. The van der Waals surface area contributed by atoms with Gasteiger partial charge in [-0.15, -0.1) is 0 Å². The number of hydrogen-bond donors (Lipinski definition) is 3. The first kappa shape index (κ1) is 27.9. The highest BCUT2D eigenvalue weighted by Crippen LogP contribution is 2.33. The van der Waals surface area contributed by atoms with Crippen molar-refractivity contribution in [2.75, 3.05) is 32.6 Å². The van der Waals surface area contributed by atoms with E-state index in [4.69, 9.17) is 9.72 Å². The zero-order chi connectivity index (χ0) is 30.1. The first-order chi connectivity index (χ1) is 20.7. The summed E-state index contributed by atoms with van der Waals surface area (Å²) in [5, 5.41) is 11.2. The van der Waals surface area contributed by atoms with E-state index in [9.17, 15) is 9.18 Å². The number of rotatable bonds is 9. The second-order valence-corrected chi connectivity index (χ2v) is 10.8. The number of nitrogens with zero attached hydrogens (tertiary/aromatic N) is 6. The maximum atomic E-state index is 14.6. The Kier molecular flexibility index (Phi) is 7.51. The van der Waals surface area contributed by atoms with Gasteiger partial charge < -0.3 is 19.9 Å². The van der Waals surface area contributed by atoms with Crippen LogP contribution in [-0.4, -0.2) is 73.2 Å². The van der Waals surface area contributed by atoms with Crippen LogP contribution in [0.5, 0.6) is 5.75 Å². The van der Waals surface area contributed by atoms with Gasteiger partial charge in [0.25, 0.3) is 0 Å². The molecule has 5 aromatic heterocycles. The van der Waals surface area contributed by atoms with Gasteiger partial charge in [0, 0.05) is 47.4 Å². The van der Waals surface area contributed by atoms with Gasteiger partial charge in [0.05, 0.1) is 46.5 Å². The summed E-state index contributed by atoms with van der Waals surface area (Å²) in [6.07, 6.45) is 8.32. The molecular formula is C31H30FN9O2. The summed E-state index contributed by atoms with van der Waals surface area (Å²) in [7, 11) is 3.90. The highest BCUT2D eigenvalue weighted by molar-refractivity contribution is 5.98. The van der Waals surface area contributed by atoms with Crippen molar-refractivity contribution in [3.63, 3.8) is 0 Å². The van der Waals surface area contributed by atoms with Crippen molar-refractivity contribution in [3.8, 4) is 39.7 Å². The molecule has 0 aliphatic rings. The Labute approximate surface area is 246 Å². The van der Waals surface area contributed by atoms with Gasteiger partial charge in [-0.3, -0.25) is 24.8 Å². The van der Waals surface area contributed by atoms with Crippen LogP contribution in [0.4, 0.5) is 10.1 Å². The molecule has 1 aromatic carbocycles. The van der Waals surface area contributed by atoms with Crippen molar-refractivity contribution < 1.29 is 13.9 Å². The molecule has 12 heteroatoms. The van der Waals surface area contributed by atoms with Gasteiger partial charge in [0.15, 0.2) is 5.82 Å². The van der Waals surface area contributed by atoms with Crippen LogP contribution in [0.25, 0.3) is 55.8 Å². The van der Waals surface area contributed by atoms with Crippen LogP contribution in [0.1, 0.15) is 13.8 Å². The van der Waals surface area contributed by atoms with Gasteiger partial charge in [-0.25, -0.2) is 9.37 Å². The van der Waals surface area contributed by atoms with Crippen LogP contribution in [0.3, 0.4) is 0 Å². The lowest BCUT2D eigenvalue weighted by atomic mass is 10.1. The van der Waals surface area contributed by atoms with Gasteiger partial charge in [0.1, 0.15) is 23.9 Å². The van der Waals surface area contributed by atoms with E-state index in [0.717, 1.165) is 16.5 Å². The number of imidazole rings is 1. The van der Waals surface area contributed by atoms with Crippen molar-refractivity contribution in [2.24, 2.45) is 5.92 Å². The highest BCUT2D eigenvalue weighted by Gasteiger charge is 2.18. The number of fused-ring (bicyclic) bond motifs is 2. The van der Waals surface area contributed by atoms with E-state index in [2.05, 4.69) is 35.5 Å². The van der Waals surface area contributed by atoms with E-state index in [0.29, 0.717) is 64.0 Å². The Hall–Kier alpha value is -5.23. The Morgan fingerprint density at radius 1 is 1.00 bits per heavy atom. The molecule has 0 spiro atoms. The second-order valence-electron chi connectivity index (χ2n) is 10.8. The van der Waals surface area contributed by atoms with Crippen molar-refractivity contribution in [3.05, 3.63) is 67.1 Å². The number of aromatic nitrogens is 7. The summed E-state index contributed by atoms with van der Waals surface area (Å²) in [6, 6.07) is 8.33. The van der Waals surface area contributed by atoms with E-state index in [1.807, 2.05) is 45.0 Å². The molecule has 11 nitrogen and oxygen atoms in total. The normalized spacial score (nSPS) is 11.6. The minimum atomic E-state index is -0.411. The van der Waals surface area contributed by atoms with Crippen LogP contribution in [0.2, 0.25) is 0 Å². The van der Waals surface area contributed by atoms with E-state index >= 15 is 0 Å². The summed E-state index contributed by atoms with van der Waals surface area (Å²) in [5.74, 6) is 0.290. The number of ether oxygens (including phenoxy) is 1. The number of halogens is 1. The number of carbonyl (C=O) groups is 1. The first-order valence-electron chi connectivity index (χ1n) is 13.8. The number of pyridine rings is 3. The third-order valence-corrected chi connectivity index (χ3v) is 6.88. The number of benzene rings is 1. The van der Waals surface area contributed by atoms with Gasteiger partial charge in [-0.2, -0.15) is 5.10 Å². The van der Waals surface area contributed by atoms with Gasteiger partial charge >= 0.3 is 0 Å². The quantitative estimate of drug-likeness (QED) is 0.210. The summed E-state index contributed by atoms with van der Waals surface area (Å²) in [5.41, 5.74) is 5.85. The molecule has 0 atom stereocenters. The lowest BCUT2D eigenvalue weighted by molar-refractivity contribution is -0.118. The van der Waals surface area contributed by atoms with Crippen LogP contribution >= 0.6 is 0 Å². The molecule has 0 aliphatic heterocycles. The summed E-state index contributed by atoms with van der Waals surface area (Å²) < 4.78 is 20.4. The van der Waals surface area contributed by atoms with Crippen molar-refractivity contribution in [2.45, 2.75) is 13.8 Å². The minimum absolute atomic E-state index is 0.0930. The monoisotopic (exact) mass is 579 g/mol. The number of hydrogen-bond acceptors (Lipinski definition) is 8. The van der Waals surface area contributed by atoms with Crippen molar-refractivity contribution in [1.82, 2.24) is 40.0 Å². The number of amides is 1. The molecule has 218 valence electrons. The molecular weight excluding hydrogens is 549 g/mol. The number of aromatic amines is 2. The largest absolute Gasteiger partial charge is 0.492 e. The molecule has 1 amide bonds. The van der Waals surface area contributed by atoms with Crippen LogP contribution in [-0.2, 0) is 4.79 Å². The third kappa shape index (κ3) is 5.90. The smallest absolute Gasteiger partial charge is 0.226 e. The van der Waals surface area contributed by atoms with Gasteiger partial charge in [-0.05, 0) is 43.9 Å². The molecule has 0 aliphatic carbocycles. The van der Waals surface area contributed by atoms with Crippen molar-refractivity contribution >= 4 is 33.5 Å². The zero-order valence-electron chi connectivity index (χ0n) is 24.1. The Bertz CT molecular complexity index is 1950. The van der Waals surface area contributed by atoms with E-state index in [-0.39, 0.29) is 11.8 Å². The van der Waals surface area contributed by atoms with Crippen LogP contribution in [0, 0.1) is 11.7 Å². The van der Waals surface area contributed by atoms with Crippen LogP contribution in [0.15, 0.2) is 61.3 Å². The molecule has 0 fully saturated rings. The van der Waals surface area contributed by atoms with Gasteiger partial charge in [0.2, 0.25) is 5.91 Å². The Morgan fingerprint density at radius 3 is 2.65 bits per heavy atom. The number of likely N-dealkylation sites (N-methyl/N-ethyl adjacent to an activating group) is 1. The second kappa shape index (κ2) is 11.6. The summed E-state index contributed by atoms with van der Waals surface area (Å²) >= 11 is 0. The van der Waals surface area contributed by atoms with Crippen molar-refractivity contribution in [1.29, 1.82) is 0 Å². The fraction of sp³-hybridized carbons (Fsp3) is 0.226. The number of carbonyl (C=O) groups excluding carboxylic acids is 1. The average Bonchev–Trinajstić information content (AvgIpc) is 3.60. The predicted octanol–water partition coefficient (Wildman–Crippen LogP) is 5.30. The number of H-pyrrole nitrogens is 2. The average molecular weight is 580 g/mol. The molecule has 0 saturated carbocycles. The zero-order valence-corrected chi connectivity index (χ0v) is 24.1. The highest BCUT2D eigenvalue weighted by atomic mass is 19.1. The summed E-state index contributed by atoms with van der Waals surface area (Å²) in [6.45, 7) is 4.80. The van der Waals surface area contributed by atoms with E-state index in [1.165, 1.54) is 12.1 Å². The molecule has 0 unspecified atom stereocenters. The lowest BCUT2D eigenvalue weighted by Crippen LogP contribution is -2.19. The van der Waals surface area contributed by atoms with Gasteiger partial charge in [-0.1, -0.05) is 13.8 Å². The molecule has 6 rings (SSSR count). The number of anilines is 1. The first-order valence-corrected chi connectivity index (χ1v) is 13.8. The molecule has 3 N–H and O–H groups in total. The van der Waals surface area contributed by atoms with Crippen LogP contribution < -0.4 is 10.1 Å². The number of nitrogens with one attached hydrogen (secondary N) is 3. The minimum Gasteiger partial charge on any atom is -0.492 e. The van der Waals surface area contributed by atoms with E-state index < -0.39 is 5.82 Å². The standard InChI is InChI=1S/C31H30FN9O2/c1-17(2)31(42)36-21-8-19(12-33-13-21)25-11-23-26(16-35-25)39-40-29(23)30-37-27-15-34-14-24(28(27)38-30)18-7-20(32)10-22(9-18)43-6-5-41(3)4/h7-17H,5-6H2,1-4H3,(H,36,42)(H,37,38)(H,39,40). The lowest BCUT2D eigenvalue weighted by Gasteiger charge is -2.12. The fourth-order valence-corrected chi connectivity index (χ4v) is 4.59. The third-order valence-electron chi connectivity index (χ3n) is 6.88. The molecule has 0 saturated heterocycles. The van der Waals surface area contributed by atoms with E-state index in [1.54, 1.807) is 37.1 Å². The maximum absolute atomic E-state index is 14.6. The molecule has 0 bridgehead atoms. The molecule has 6 aromatic rings. The topological polar surface area (TPSA) is 138 Å². The Balaban J connectivity index is 1.36. The SMILES string of the molecule is CC(C)C(=O)Nc1cncc(-c2cc3c(-c4nc5c(-c6cc(F)cc(OCCN(C)C)c6)cncc5[nH]4)n[nH]c3cn2)c1. The predicted molar refractivity (Wildman–Crippen MR) is 163 cm³/mol. The summed E-state index contributed by atoms with van der Waals surface area (Å²) in [4.78, 5) is 35.6.